The van der Waals surface area contributed by atoms with Crippen LogP contribution in [0.15, 0.2) is 24.3 Å². The zero-order valence-corrected chi connectivity index (χ0v) is 13.8. The van der Waals surface area contributed by atoms with E-state index in [2.05, 4.69) is 5.32 Å². The standard InChI is InChI=1S/C14H22ClNO4S/c1-11(10-21(2,18)19)16-7-13(17)9-20-8-12-5-3-4-6-14(12)15/h3-6,11,13,16-17H,7-10H2,1-2H3. The van der Waals surface area contributed by atoms with E-state index in [1.54, 1.807) is 13.0 Å². The molecule has 0 spiro atoms. The summed E-state index contributed by atoms with van der Waals surface area (Å²) in [5, 5.41) is 13.4. The molecule has 2 atom stereocenters. The van der Waals surface area contributed by atoms with Crippen molar-refractivity contribution in [1.82, 2.24) is 5.32 Å². The van der Waals surface area contributed by atoms with E-state index < -0.39 is 15.9 Å². The molecule has 7 heteroatoms. The van der Waals surface area contributed by atoms with Gasteiger partial charge in [0.1, 0.15) is 9.84 Å². The third-order valence-electron chi connectivity index (χ3n) is 2.78. The number of rotatable bonds is 9. The number of nitrogens with one attached hydrogen (secondary N) is 1. The summed E-state index contributed by atoms with van der Waals surface area (Å²) in [5.41, 5.74) is 0.866. The van der Waals surface area contributed by atoms with Gasteiger partial charge in [-0.3, -0.25) is 0 Å². The molecule has 1 rings (SSSR count). The van der Waals surface area contributed by atoms with Gasteiger partial charge in [0, 0.05) is 23.9 Å². The number of hydrogen-bond donors (Lipinski definition) is 2. The predicted octanol–water partition coefficient (Wildman–Crippen LogP) is 1.24. The Kier molecular flexibility index (Phi) is 7.62. The third kappa shape index (κ3) is 8.38. The van der Waals surface area contributed by atoms with E-state index in [1.165, 1.54) is 6.26 Å². The van der Waals surface area contributed by atoms with Crippen molar-refractivity contribution in [2.75, 3.05) is 25.2 Å². The first-order chi connectivity index (χ1) is 9.78. The van der Waals surface area contributed by atoms with E-state index in [-0.39, 0.29) is 24.9 Å². The van der Waals surface area contributed by atoms with Crippen molar-refractivity contribution in [3.05, 3.63) is 34.9 Å². The first kappa shape index (κ1) is 18.4. The van der Waals surface area contributed by atoms with Crippen molar-refractivity contribution in [2.45, 2.75) is 25.7 Å². The van der Waals surface area contributed by atoms with Crippen molar-refractivity contribution < 1.29 is 18.3 Å². The second kappa shape index (κ2) is 8.70. The maximum absolute atomic E-state index is 11.1. The first-order valence-corrected chi connectivity index (χ1v) is 9.12. The molecule has 0 aromatic heterocycles. The van der Waals surface area contributed by atoms with Crippen LogP contribution in [-0.2, 0) is 21.2 Å². The van der Waals surface area contributed by atoms with Gasteiger partial charge in [0.15, 0.2) is 0 Å². The minimum absolute atomic E-state index is 0.0419. The maximum atomic E-state index is 11.1. The van der Waals surface area contributed by atoms with E-state index in [4.69, 9.17) is 16.3 Å². The molecule has 0 aliphatic carbocycles. The van der Waals surface area contributed by atoms with Gasteiger partial charge in [-0.2, -0.15) is 0 Å². The molecular formula is C14H22ClNO4S. The van der Waals surface area contributed by atoms with Crippen LogP contribution in [-0.4, -0.2) is 50.8 Å². The largest absolute Gasteiger partial charge is 0.389 e. The van der Waals surface area contributed by atoms with Crippen LogP contribution in [0.3, 0.4) is 0 Å². The fraction of sp³-hybridized carbons (Fsp3) is 0.571. The lowest BCUT2D eigenvalue weighted by Crippen LogP contribution is -2.39. The molecule has 0 saturated heterocycles. The van der Waals surface area contributed by atoms with Crippen molar-refractivity contribution in [1.29, 1.82) is 0 Å². The molecule has 0 aliphatic rings. The molecule has 120 valence electrons. The van der Waals surface area contributed by atoms with Crippen molar-refractivity contribution in [3.63, 3.8) is 0 Å². The number of halogens is 1. The average Bonchev–Trinajstić information content (AvgIpc) is 2.37. The quantitative estimate of drug-likeness (QED) is 0.710. The number of hydrogen-bond acceptors (Lipinski definition) is 5. The number of aliphatic hydroxyl groups excluding tert-OH is 1. The van der Waals surface area contributed by atoms with E-state index in [1.807, 2.05) is 18.2 Å². The van der Waals surface area contributed by atoms with Gasteiger partial charge in [-0.25, -0.2) is 8.42 Å². The normalized spacial score (nSPS) is 14.9. The van der Waals surface area contributed by atoms with E-state index in [0.29, 0.717) is 11.6 Å². The Balaban J connectivity index is 2.23. The minimum Gasteiger partial charge on any atom is -0.389 e. The molecular weight excluding hydrogens is 314 g/mol. The molecule has 1 aromatic rings. The van der Waals surface area contributed by atoms with E-state index in [0.717, 1.165) is 5.56 Å². The summed E-state index contributed by atoms with van der Waals surface area (Å²) in [7, 11) is -3.02. The van der Waals surface area contributed by atoms with Crippen LogP contribution in [0.4, 0.5) is 0 Å². The molecule has 2 unspecified atom stereocenters. The maximum Gasteiger partial charge on any atom is 0.148 e. The summed E-state index contributed by atoms with van der Waals surface area (Å²) >= 11 is 5.99. The first-order valence-electron chi connectivity index (χ1n) is 6.68. The number of sulfone groups is 1. The molecule has 0 amide bonds. The molecule has 0 heterocycles. The lowest BCUT2D eigenvalue weighted by molar-refractivity contribution is 0.0281. The zero-order chi connectivity index (χ0) is 15.9. The van der Waals surface area contributed by atoms with Crippen molar-refractivity contribution in [3.8, 4) is 0 Å². The highest BCUT2D eigenvalue weighted by Crippen LogP contribution is 2.15. The van der Waals surface area contributed by atoms with Crippen LogP contribution >= 0.6 is 11.6 Å². The Morgan fingerprint density at radius 3 is 2.67 bits per heavy atom. The van der Waals surface area contributed by atoms with Crippen LogP contribution in [0.25, 0.3) is 0 Å². The Labute approximate surface area is 131 Å². The summed E-state index contributed by atoms with van der Waals surface area (Å²) in [4.78, 5) is 0. The predicted molar refractivity (Wildman–Crippen MR) is 84.3 cm³/mol. The summed E-state index contributed by atoms with van der Waals surface area (Å²) < 4.78 is 27.6. The molecule has 5 nitrogen and oxygen atoms in total. The fourth-order valence-electron chi connectivity index (χ4n) is 1.83. The van der Waals surface area contributed by atoms with Gasteiger partial charge >= 0.3 is 0 Å². The lowest BCUT2D eigenvalue weighted by atomic mass is 10.2. The number of benzene rings is 1. The van der Waals surface area contributed by atoms with Crippen LogP contribution in [0.5, 0.6) is 0 Å². The second-order valence-corrected chi connectivity index (χ2v) is 7.75. The highest BCUT2D eigenvalue weighted by Gasteiger charge is 2.12. The molecule has 2 N–H and O–H groups in total. The summed E-state index contributed by atoms with van der Waals surface area (Å²) in [5.74, 6) is 0.0419. The smallest absolute Gasteiger partial charge is 0.148 e. The summed E-state index contributed by atoms with van der Waals surface area (Å²) in [6.07, 6.45) is 0.489. The Morgan fingerprint density at radius 2 is 2.05 bits per heavy atom. The summed E-state index contributed by atoms with van der Waals surface area (Å²) in [6.45, 7) is 2.52. The van der Waals surface area contributed by atoms with Gasteiger partial charge in [0.25, 0.3) is 0 Å². The van der Waals surface area contributed by atoms with Gasteiger partial charge in [0.05, 0.1) is 25.1 Å². The Hall–Kier alpha value is -0.660. The number of aliphatic hydroxyl groups is 1. The fourth-order valence-corrected chi connectivity index (χ4v) is 3.05. The van der Waals surface area contributed by atoms with Crippen LogP contribution in [0.1, 0.15) is 12.5 Å². The molecule has 21 heavy (non-hydrogen) atoms. The lowest BCUT2D eigenvalue weighted by Gasteiger charge is -2.16. The van der Waals surface area contributed by atoms with Crippen LogP contribution in [0, 0.1) is 0 Å². The second-order valence-electron chi connectivity index (χ2n) is 5.16. The van der Waals surface area contributed by atoms with Gasteiger partial charge < -0.3 is 15.2 Å². The molecule has 1 aromatic carbocycles. The van der Waals surface area contributed by atoms with Crippen LogP contribution in [0.2, 0.25) is 5.02 Å². The van der Waals surface area contributed by atoms with Crippen LogP contribution < -0.4 is 5.32 Å². The number of ether oxygens (including phenoxy) is 1. The Morgan fingerprint density at radius 1 is 1.38 bits per heavy atom. The minimum atomic E-state index is -3.02. The SMILES string of the molecule is CC(CS(C)(=O)=O)NCC(O)COCc1ccccc1Cl. The molecule has 0 radical (unpaired) electrons. The molecule has 0 aliphatic heterocycles. The highest BCUT2D eigenvalue weighted by atomic mass is 35.5. The van der Waals surface area contributed by atoms with Crippen molar-refractivity contribution >= 4 is 21.4 Å². The van der Waals surface area contributed by atoms with Gasteiger partial charge in [-0.05, 0) is 18.6 Å². The van der Waals surface area contributed by atoms with E-state index in [9.17, 15) is 13.5 Å². The monoisotopic (exact) mass is 335 g/mol. The van der Waals surface area contributed by atoms with Gasteiger partial charge in [0.2, 0.25) is 0 Å². The van der Waals surface area contributed by atoms with Gasteiger partial charge in [-0.15, -0.1) is 0 Å². The van der Waals surface area contributed by atoms with Crippen molar-refractivity contribution in [2.24, 2.45) is 0 Å². The Bertz CT molecular complexity index is 536. The summed E-state index contributed by atoms with van der Waals surface area (Å²) in [6, 6.07) is 7.15. The van der Waals surface area contributed by atoms with Gasteiger partial charge in [-0.1, -0.05) is 29.8 Å². The average molecular weight is 336 g/mol. The third-order valence-corrected chi connectivity index (χ3v) is 4.25. The van der Waals surface area contributed by atoms with E-state index >= 15 is 0 Å². The highest BCUT2D eigenvalue weighted by molar-refractivity contribution is 7.90. The zero-order valence-electron chi connectivity index (χ0n) is 12.3. The molecule has 0 bridgehead atoms. The molecule has 0 fully saturated rings. The molecule has 0 saturated carbocycles. The topological polar surface area (TPSA) is 75.6 Å².